The lowest BCUT2D eigenvalue weighted by Gasteiger charge is -2.37. The molecule has 0 amide bonds. The minimum Gasteiger partial charge on any atom is -0.493 e. The highest BCUT2D eigenvalue weighted by Crippen LogP contribution is 2.61. The summed E-state index contributed by atoms with van der Waals surface area (Å²) in [6.45, 7) is 0. The Morgan fingerprint density at radius 2 is 1.53 bits per heavy atom. The van der Waals surface area contributed by atoms with Gasteiger partial charge in [-0.1, -0.05) is 54.1 Å². The molecular weight excluding hydrogens is 569 g/mol. The molecule has 8 heteroatoms. The van der Waals surface area contributed by atoms with Crippen molar-refractivity contribution in [3.63, 3.8) is 0 Å². The summed E-state index contributed by atoms with van der Waals surface area (Å²) in [5.41, 5.74) is 0.962. The molecule has 214 valence electrons. The Morgan fingerprint density at radius 3 is 2.19 bits per heavy atom. The average molecular weight is 594 g/mol. The summed E-state index contributed by atoms with van der Waals surface area (Å²) >= 11 is 6.16. The zero-order valence-corrected chi connectivity index (χ0v) is 24.0. The zero-order chi connectivity index (χ0) is 30.0. The van der Waals surface area contributed by atoms with Crippen LogP contribution in [-0.4, -0.2) is 43.7 Å². The van der Waals surface area contributed by atoms with Gasteiger partial charge in [0.15, 0.2) is 28.8 Å². The van der Waals surface area contributed by atoms with Crippen LogP contribution in [0.5, 0.6) is 11.5 Å². The largest absolute Gasteiger partial charge is 0.493 e. The fraction of sp³-hybridized carbons (Fsp3) is 0.171. The fourth-order valence-electron chi connectivity index (χ4n) is 7.15. The second-order valence-electron chi connectivity index (χ2n) is 10.9. The van der Waals surface area contributed by atoms with E-state index in [1.807, 2.05) is 4.90 Å². The monoisotopic (exact) mass is 593 g/mol. The third-order valence-corrected chi connectivity index (χ3v) is 9.18. The molecule has 2 aliphatic heterocycles. The molecule has 4 aromatic rings. The molecule has 3 aliphatic rings. The van der Waals surface area contributed by atoms with Crippen LogP contribution in [0.1, 0.15) is 48.1 Å². The first-order valence-corrected chi connectivity index (χ1v) is 14.2. The predicted octanol–water partition coefficient (Wildman–Crippen LogP) is 6.81. The number of ether oxygens (including phenoxy) is 2. The van der Waals surface area contributed by atoms with Crippen LogP contribution in [0.4, 0.5) is 10.1 Å². The molecular formula is C35H25ClFNO5. The summed E-state index contributed by atoms with van der Waals surface area (Å²) in [6.07, 6.45) is 3.48. The number of methoxy groups -OCH3 is 2. The third-order valence-electron chi connectivity index (χ3n) is 8.93. The molecule has 1 spiro atoms. The molecule has 2 heterocycles. The van der Waals surface area contributed by atoms with Gasteiger partial charge in [0, 0.05) is 38.9 Å². The first-order chi connectivity index (χ1) is 20.8. The van der Waals surface area contributed by atoms with E-state index in [0.29, 0.717) is 50.0 Å². The van der Waals surface area contributed by atoms with Gasteiger partial charge < -0.3 is 14.4 Å². The molecule has 1 saturated heterocycles. The first kappa shape index (κ1) is 27.1. The molecule has 0 saturated carbocycles. The number of fused-ring (bicyclic) bond motifs is 5. The molecule has 3 atom stereocenters. The van der Waals surface area contributed by atoms with Crippen LogP contribution < -0.4 is 14.4 Å². The van der Waals surface area contributed by atoms with Crippen molar-refractivity contribution in [2.75, 3.05) is 19.1 Å². The van der Waals surface area contributed by atoms with Gasteiger partial charge in [-0.05, 0) is 60.2 Å². The van der Waals surface area contributed by atoms with Crippen molar-refractivity contribution in [3.8, 4) is 11.5 Å². The number of benzene rings is 4. The van der Waals surface area contributed by atoms with Gasteiger partial charge in [-0.2, -0.15) is 0 Å². The van der Waals surface area contributed by atoms with Gasteiger partial charge in [0.05, 0.1) is 20.3 Å². The SMILES string of the molecule is COc1ccc([C@@H]2[C@@H](C(=O)c3ccc(Cl)cc3)N3c4ccc(F)cc4C=C[C@@H]3C23C(=O)c2ccccc2C3=O)cc1OC. The molecule has 0 aromatic heterocycles. The van der Waals surface area contributed by atoms with Crippen molar-refractivity contribution in [1.82, 2.24) is 0 Å². The van der Waals surface area contributed by atoms with Crippen molar-refractivity contribution in [1.29, 1.82) is 0 Å². The second-order valence-corrected chi connectivity index (χ2v) is 11.3. The Hall–Kier alpha value is -4.75. The lowest BCUT2D eigenvalue weighted by atomic mass is 9.64. The summed E-state index contributed by atoms with van der Waals surface area (Å²) in [7, 11) is 3.02. The zero-order valence-electron chi connectivity index (χ0n) is 23.2. The Kier molecular flexibility index (Phi) is 6.25. The van der Waals surface area contributed by atoms with E-state index in [1.54, 1.807) is 84.9 Å². The maximum atomic E-state index is 14.7. The third kappa shape index (κ3) is 3.74. The van der Waals surface area contributed by atoms with Crippen LogP contribution in [0.2, 0.25) is 5.02 Å². The Labute approximate surface area is 252 Å². The predicted molar refractivity (Wildman–Crippen MR) is 161 cm³/mol. The topological polar surface area (TPSA) is 72.9 Å². The maximum Gasteiger partial charge on any atom is 0.185 e. The molecule has 1 fully saturated rings. The van der Waals surface area contributed by atoms with Crippen molar-refractivity contribution < 1.29 is 28.2 Å². The standard InChI is InChI=1S/C35H25ClFNO5/c1-42-27-15-9-21(18-28(27)43-2)30-31(32(39)19-7-11-22(36)12-8-19)38-26-14-13-23(37)17-20(26)10-16-29(38)35(30)33(40)24-5-3-4-6-25(24)34(35)41/h3-18,29-31H,1-2H3/t29-,30-,31+/m1/s1. The number of rotatable bonds is 5. The molecule has 0 bridgehead atoms. The smallest absolute Gasteiger partial charge is 0.185 e. The number of carbonyl (C=O) groups is 3. The highest BCUT2D eigenvalue weighted by atomic mass is 35.5. The number of Topliss-reactive ketones (excluding diaryl/α,β-unsaturated/α-hetero) is 3. The van der Waals surface area contributed by atoms with Crippen LogP contribution in [0.25, 0.3) is 6.08 Å². The first-order valence-electron chi connectivity index (χ1n) is 13.8. The maximum absolute atomic E-state index is 14.7. The lowest BCUT2D eigenvalue weighted by molar-refractivity contribution is 0.0665. The molecule has 1 aliphatic carbocycles. The average Bonchev–Trinajstić information content (AvgIpc) is 3.46. The number of nitrogens with zero attached hydrogens (tertiary/aromatic N) is 1. The molecule has 4 aromatic carbocycles. The number of carbonyl (C=O) groups excluding carboxylic acids is 3. The summed E-state index contributed by atoms with van der Waals surface area (Å²) < 4.78 is 25.5. The van der Waals surface area contributed by atoms with Crippen molar-refractivity contribution >= 4 is 40.7 Å². The van der Waals surface area contributed by atoms with E-state index in [9.17, 15) is 18.8 Å². The van der Waals surface area contributed by atoms with Gasteiger partial charge in [-0.25, -0.2) is 4.39 Å². The van der Waals surface area contributed by atoms with Gasteiger partial charge >= 0.3 is 0 Å². The Morgan fingerprint density at radius 1 is 0.860 bits per heavy atom. The molecule has 6 nitrogen and oxygen atoms in total. The quantitative estimate of drug-likeness (QED) is 0.187. The van der Waals surface area contributed by atoms with Crippen molar-refractivity contribution in [2.24, 2.45) is 5.41 Å². The molecule has 0 unspecified atom stereocenters. The minimum absolute atomic E-state index is 0.305. The summed E-state index contributed by atoms with van der Waals surface area (Å²) in [4.78, 5) is 46.0. The number of hydrogen-bond donors (Lipinski definition) is 0. The van der Waals surface area contributed by atoms with Gasteiger partial charge in [-0.3, -0.25) is 14.4 Å². The normalized spacial score (nSPS) is 21.0. The minimum atomic E-state index is -1.70. The van der Waals surface area contributed by atoms with Crippen LogP contribution in [-0.2, 0) is 0 Å². The van der Waals surface area contributed by atoms with Crippen LogP contribution in [0.15, 0.2) is 91.0 Å². The van der Waals surface area contributed by atoms with Crippen LogP contribution in [0.3, 0.4) is 0 Å². The van der Waals surface area contributed by atoms with E-state index in [0.717, 1.165) is 0 Å². The second kappa shape index (κ2) is 9.92. The van der Waals surface area contributed by atoms with Gasteiger partial charge in [0.1, 0.15) is 17.3 Å². The molecule has 0 radical (unpaired) electrons. The number of anilines is 1. The van der Waals surface area contributed by atoms with Crippen LogP contribution in [0, 0.1) is 11.2 Å². The van der Waals surface area contributed by atoms with Crippen molar-refractivity contribution in [2.45, 2.75) is 18.0 Å². The lowest BCUT2D eigenvalue weighted by Crippen LogP contribution is -2.48. The van der Waals surface area contributed by atoms with E-state index in [1.165, 1.54) is 26.4 Å². The Balaban J connectivity index is 1.55. The molecule has 43 heavy (non-hydrogen) atoms. The van der Waals surface area contributed by atoms with E-state index in [2.05, 4.69) is 0 Å². The highest BCUT2D eigenvalue weighted by Gasteiger charge is 2.71. The van der Waals surface area contributed by atoms with Gasteiger partial charge in [-0.15, -0.1) is 0 Å². The van der Waals surface area contributed by atoms with Crippen molar-refractivity contribution in [3.05, 3.63) is 130 Å². The van der Waals surface area contributed by atoms with E-state index < -0.39 is 29.2 Å². The van der Waals surface area contributed by atoms with E-state index >= 15 is 0 Å². The summed E-state index contributed by atoms with van der Waals surface area (Å²) in [5.74, 6) is -1.55. The van der Waals surface area contributed by atoms with E-state index in [4.69, 9.17) is 21.1 Å². The van der Waals surface area contributed by atoms with E-state index in [-0.39, 0.29) is 17.3 Å². The number of ketones is 3. The summed E-state index contributed by atoms with van der Waals surface area (Å²) in [6, 6.07) is 20.9. The summed E-state index contributed by atoms with van der Waals surface area (Å²) in [5, 5.41) is 0.465. The van der Waals surface area contributed by atoms with Crippen LogP contribution >= 0.6 is 11.6 Å². The molecule has 7 rings (SSSR count). The van der Waals surface area contributed by atoms with Gasteiger partial charge in [0.25, 0.3) is 0 Å². The number of halogens is 2. The Bertz CT molecular complexity index is 1830. The highest BCUT2D eigenvalue weighted by molar-refractivity contribution is 6.32. The number of hydrogen-bond acceptors (Lipinski definition) is 6. The molecule has 0 N–H and O–H groups in total. The fourth-order valence-corrected chi connectivity index (χ4v) is 7.28. The van der Waals surface area contributed by atoms with Gasteiger partial charge in [0.2, 0.25) is 0 Å².